The molecule has 0 unspecified atom stereocenters. The van der Waals surface area contributed by atoms with Crippen LogP contribution in [0.15, 0.2) is 48.5 Å². The maximum atomic E-state index is 13.1. The van der Waals surface area contributed by atoms with Crippen LogP contribution in [0.4, 0.5) is 10.1 Å². The minimum atomic E-state index is -0.425. The SMILES string of the molecule is CC(=O)N(CC(=O)Nc1cccc(F)c1)Cc1ccccc1C. The summed E-state index contributed by atoms with van der Waals surface area (Å²) >= 11 is 0. The summed E-state index contributed by atoms with van der Waals surface area (Å²) < 4.78 is 13.1. The highest BCUT2D eigenvalue weighted by atomic mass is 19.1. The zero-order valence-electron chi connectivity index (χ0n) is 13.2. The number of carbonyl (C=O) groups is 2. The molecule has 0 aromatic heterocycles. The van der Waals surface area contributed by atoms with Gasteiger partial charge in [0.05, 0.1) is 0 Å². The zero-order valence-corrected chi connectivity index (χ0v) is 13.2. The molecule has 2 aromatic rings. The van der Waals surface area contributed by atoms with Crippen molar-refractivity contribution in [3.63, 3.8) is 0 Å². The molecular formula is C18H19FN2O2. The molecule has 0 saturated carbocycles. The largest absolute Gasteiger partial charge is 0.329 e. The van der Waals surface area contributed by atoms with Crippen LogP contribution < -0.4 is 5.32 Å². The lowest BCUT2D eigenvalue weighted by molar-refractivity contribution is -0.133. The second-order valence-corrected chi connectivity index (χ2v) is 5.36. The molecule has 120 valence electrons. The summed E-state index contributed by atoms with van der Waals surface area (Å²) in [6.45, 7) is 3.66. The molecule has 2 amide bonds. The Kier molecular flexibility index (Phi) is 5.46. The van der Waals surface area contributed by atoms with E-state index in [0.29, 0.717) is 12.2 Å². The standard InChI is InChI=1S/C18H19FN2O2/c1-13-6-3-4-7-15(13)11-21(14(2)22)12-18(23)20-17-9-5-8-16(19)10-17/h3-10H,11-12H2,1-2H3,(H,20,23). The number of anilines is 1. The average molecular weight is 314 g/mol. The zero-order chi connectivity index (χ0) is 16.8. The number of benzene rings is 2. The summed E-state index contributed by atoms with van der Waals surface area (Å²) in [5.74, 6) is -0.979. The average Bonchev–Trinajstić information content (AvgIpc) is 2.48. The van der Waals surface area contributed by atoms with Gasteiger partial charge in [0.2, 0.25) is 11.8 Å². The van der Waals surface area contributed by atoms with E-state index in [1.54, 1.807) is 6.07 Å². The van der Waals surface area contributed by atoms with Crippen molar-refractivity contribution in [2.75, 3.05) is 11.9 Å². The van der Waals surface area contributed by atoms with Gasteiger partial charge in [-0.3, -0.25) is 9.59 Å². The van der Waals surface area contributed by atoms with Crippen LogP contribution in [0.25, 0.3) is 0 Å². The lowest BCUT2D eigenvalue weighted by Crippen LogP contribution is -2.36. The smallest absolute Gasteiger partial charge is 0.244 e. The fraction of sp³-hybridized carbons (Fsp3) is 0.222. The topological polar surface area (TPSA) is 49.4 Å². The highest BCUT2D eigenvalue weighted by Crippen LogP contribution is 2.12. The Bertz CT molecular complexity index is 716. The second-order valence-electron chi connectivity index (χ2n) is 5.36. The minimum Gasteiger partial charge on any atom is -0.329 e. The van der Waals surface area contributed by atoms with E-state index in [9.17, 15) is 14.0 Å². The second kappa shape index (κ2) is 7.54. The number of amides is 2. The minimum absolute atomic E-state index is 0.0832. The normalized spacial score (nSPS) is 10.2. The summed E-state index contributed by atoms with van der Waals surface area (Å²) in [6.07, 6.45) is 0. The van der Waals surface area contributed by atoms with Crippen molar-refractivity contribution in [3.8, 4) is 0 Å². The van der Waals surface area contributed by atoms with Gasteiger partial charge < -0.3 is 10.2 Å². The van der Waals surface area contributed by atoms with Crippen molar-refractivity contribution in [2.24, 2.45) is 0 Å². The Labute approximate surface area is 134 Å². The van der Waals surface area contributed by atoms with Crippen molar-refractivity contribution in [2.45, 2.75) is 20.4 Å². The number of hydrogen-bond acceptors (Lipinski definition) is 2. The van der Waals surface area contributed by atoms with Gasteiger partial charge >= 0.3 is 0 Å². The van der Waals surface area contributed by atoms with Gasteiger partial charge in [-0.15, -0.1) is 0 Å². The maximum Gasteiger partial charge on any atom is 0.244 e. The number of nitrogens with zero attached hydrogens (tertiary/aromatic N) is 1. The van der Waals surface area contributed by atoms with Gasteiger partial charge in [0, 0.05) is 19.2 Å². The van der Waals surface area contributed by atoms with Crippen LogP contribution in [-0.2, 0) is 16.1 Å². The number of aryl methyl sites for hydroxylation is 1. The van der Waals surface area contributed by atoms with Crippen LogP contribution >= 0.6 is 0 Å². The predicted molar refractivity (Wildman–Crippen MR) is 87.3 cm³/mol. The van der Waals surface area contributed by atoms with E-state index in [1.807, 2.05) is 31.2 Å². The highest BCUT2D eigenvalue weighted by Gasteiger charge is 2.15. The lowest BCUT2D eigenvalue weighted by Gasteiger charge is -2.21. The Balaban J connectivity index is 2.03. The molecule has 0 aliphatic rings. The van der Waals surface area contributed by atoms with E-state index in [1.165, 1.54) is 30.0 Å². The number of halogens is 1. The summed E-state index contributed by atoms with van der Waals surface area (Å²) in [4.78, 5) is 25.3. The van der Waals surface area contributed by atoms with Crippen molar-refractivity contribution in [3.05, 3.63) is 65.5 Å². The molecule has 0 bridgehead atoms. The Morgan fingerprint density at radius 1 is 1.13 bits per heavy atom. The van der Waals surface area contributed by atoms with E-state index >= 15 is 0 Å². The van der Waals surface area contributed by atoms with E-state index < -0.39 is 5.82 Å². The van der Waals surface area contributed by atoms with E-state index in [2.05, 4.69) is 5.32 Å². The number of nitrogens with one attached hydrogen (secondary N) is 1. The summed E-state index contributed by atoms with van der Waals surface area (Å²) in [5.41, 5.74) is 2.42. The molecule has 23 heavy (non-hydrogen) atoms. The molecule has 0 radical (unpaired) electrons. The van der Waals surface area contributed by atoms with Crippen LogP contribution in [0.5, 0.6) is 0 Å². The van der Waals surface area contributed by atoms with Crippen molar-refractivity contribution in [1.29, 1.82) is 0 Å². The third kappa shape index (κ3) is 4.92. The van der Waals surface area contributed by atoms with Crippen LogP contribution in [0.2, 0.25) is 0 Å². The van der Waals surface area contributed by atoms with Gasteiger partial charge in [-0.25, -0.2) is 4.39 Å². The molecule has 0 saturated heterocycles. The maximum absolute atomic E-state index is 13.1. The summed E-state index contributed by atoms with van der Waals surface area (Å²) in [5, 5.41) is 2.60. The molecule has 4 nitrogen and oxygen atoms in total. The van der Waals surface area contributed by atoms with Gasteiger partial charge in [0.25, 0.3) is 0 Å². The fourth-order valence-corrected chi connectivity index (χ4v) is 2.21. The van der Waals surface area contributed by atoms with E-state index in [4.69, 9.17) is 0 Å². The molecule has 2 aromatic carbocycles. The first-order valence-electron chi connectivity index (χ1n) is 7.31. The molecule has 0 atom stereocenters. The van der Waals surface area contributed by atoms with E-state index in [-0.39, 0.29) is 18.4 Å². The molecular weight excluding hydrogens is 295 g/mol. The van der Waals surface area contributed by atoms with Crippen LogP contribution in [0.1, 0.15) is 18.1 Å². The third-order valence-corrected chi connectivity index (χ3v) is 3.51. The molecule has 0 aliphatic carbocycles. The quantitative estimate of drug-likeness (QED) is 0.922. The molecule has 0 heterocycles. The first-order valence-corrected chi connectivity index (χ1v) is 7.31. The number of rotatable bonds is 5. The highest BCUT2D eigenvalue weighted by molar-refractivity contribution is 5.94. The van der Waals surface area contributed by atoms with Crippen LogP contribution in [-0.4, -0.2) is 23.3 Å². The Morgan fingerprint density at radius 2 is 1.87 bits per heavy atom. The van der Waals surface area contributed by atoms with E-state index in [0.717, 1.165) is 11.1 Å². The molecule has 0 fully saturated rings. The first-order chi connectivity index (χ1) is 11.0. The monoisotopic (exact) mass is 314 g/mol. The summed E-state index contributed by atoms with van der Waals surface area (Å²) in [6, 6.07) is 13.4. The lowest BCUT2D eigenvalue weighted by atomic mass is 10.1. The predicted octanol–water partition coefficient (Wildman–Crippen LogP) is 3.12. The molecule has 2 rings (SSSR count). The molecule has 0 aliphatic heterocycles. The van der Waals surface area contributed by atoms with Crippen LogP contribution in [0, 0.1) is 12.7 Å². The van der Waals surface area contributed by atoms with Gasteiger partial charge in [-0.05, 0) is 36.2 Å². The van der Waals surface area contributed by atoms with Crippen LogP contribution in [0.3, 0.4) is 0 Å². The Morgan fingerprint density at radius 3 is 2.52 bits per heavy atom. The van der Waals surface area contributed by atoms with Crippen molar-refractivity contribution >= 4 is 17.5 Å². The first kappa shape index (κ1) is 16.7. The fourth-order valence-electron chi connectivity index (χ4n) is 2.21. The van der Waals surface area contributed by atoms with Crippen molar-refractivity contribution in [1.82, 2.24) is 4.90 Å². The van der Waals surface area contributed by atoms with Gasteiger partial charge in [-0.2, -0.15) is 0 Å². The van der Waals surface area contributed by atoms with Gasteiger partial charge in [0.1, 0.15) is 12.4 Å². The molecule has 1 N–H and O–H groups in total. The third-order valence-electron chi connectivity index (χ3n) is 3.51. The Hall–Kier alpha value is -2.69. The molecule has 5 heteroatoms. The number of hydrogen-bond donors (Lipinski definition) is 1. The molecule has 0 spiro atoms. The van der Waals surface area contributed by atoms with Gasteiger partial charge in [0.15, 0.2) is 0 Å². The van der Waals surface area contributed by atoms with Crippen molar-refractivity contribution < 1.29 is 14.0 Å². The number of carbonyl (C=O) groups excluding carboxylic acids is 2. The van der Waals surface area contributed by atoms with Gasteiger partial charge in [-0.1, -0.05) is 30.3 Å². The summed E-state index contributed by atoms with van der Waals surface area (Å²) in [7, 11) is 0.